The second kappa shape index (κ2) is 5.79. The van der Waals surface area contributed by atoms with Crippen molar-refractivity contribution in [2.24, 2.45) is 23.3 Å². The molecule has 4 heteroatoms. The van der Waals surface area contributed by atoms with Gasteiger partial charge < -0.3 is 11.5 Å². The summed E-state index contributed by atoms with van der Waals surface area (Å²) in [5, 5.41) is 0. The van der Waals surface area contributed by atoms with E-state index in [1.807, 2.05) is 0 Å². The fourth-order valence-corrected chi connectivity index (χ4v) is 3.63. The lowest BCUT2D eigenvalue weighted by atomic mass is 9.69. The summed E-state index contributed by atoms with van der Waals surface area (Å²) in [7, 11) is 0. The highest BCUT2D eigenvalue weighted by molar-refractivity contribution is 5.85. The lowest BCUT2D eigenvalue weighted by Crippen LogP contribution is -2.46. The zero-order valence-electron chi connectivity index (χ0n) is 10.5. The van der Waals surface area contributed by atoms with E-state index in [1.54, 1.807) is 0 Å². The molecule has 2 nitrogen and oxygen atoms in total. The minimum atomic E-state index is -0.0533. The maximum atomic E-state index is 6.65. The van der Waals surface area contributed by atoms with Crippen molar-refractivity contribution in [1.29, 1.82) is 0 Å². The molecule has 0 heterocycles. The molecule has 1 saturated carbocycles. The van der Waals surface area contributed by atoms with Crippen molar-refractivity contribution < 1.29 is 0 Å². The van der Waals surface area contributed by atoms with Crippen molar-refractivity contribution >= 4 is 24.8 Å². The fourth-order valence-electron chi connectivity index (χ4n) is 3.63. The summed E-state index contributed by atoms with van der Waals surface area (Å²) in [6, 6.07) is 8.70. The summed E-state index contributed by atoms with van der Waals surface area (Å²) in [6.07, 6.45) is 4.67. The minimum absolute atomic E-state index is 0. The van der Waals surface area contributed by atoms with Gasteiger partial charge in [-0.3, -0.25) is 0 Å². The first-order chi connectivity index (χ1) is 7.74. The van der Waals surface area contributed by atoms with Crippen LogP contribution in [0.2, 0.25) is 0 Å². The Morgan fingerprint density at radius 3 is 2.67 bits per heavy atom. The second-order valence-electron chi connectivity index (χ2n) is 5.47. The number of hydrogen-bond acceptors (Lipinski definition) is 2. The number of halogens is 2. The van der Waals surface area contributed by atoms with Gasteiger partial charge in [0.05, 0.1) is 0 Å². The van der Waals surface area contributed by atoms with E-state index < -0.39 is 0 Å². The molecule has 3 rings (SSSR count). The molecule has 0 saturated heterocycles. The summed E-state index contributed by atoms with van der Waals surface area (Å²) >= 11 is 0. The van der Waals surface area contributed by atoms with Crippen molar-refractivity contribution in [3.05, 3.63) is 35.4 Å². The Morgan fingerprint density at radius 1 is 1.22 bits per heavy atom. The molecule has 102 valence electrons. The Morgan fingerprint density at radius 2 is 1.94 bits per heavy atom. The van der Waals surface area contributed by atoms with Gasteiger partial charge in [-0.05, 0) is 55.2 Å². The number of fused-ring (bicyclic) bond motifs is 3. The molecule has 3 unspecified atom stereocenters. The summed E-state index contributed by atoms with van der Waals surface area (Å²) in [5.41, 5.74) is 15.3. The SMILES string of the molecule is Cl.Cl.NCC1CCC2(N)c3ccccc3CC2C1. The number of benzene rings is 1. The highest BCUT2D eigenvalue weighted by Crippen LogP contribution is 2.49. The zero-order chi connectivity index (χ0) is 11.2. The molecular weight excluding hydrogens is 267 g/mol. The fraction of sp³-hybridized carbons (Fsp3) is 0.571. The highest BCUT2D eigenvalue weighted by Gasteiger charge is 2.46. The minimum Gasteiger partial charge on any atom is -0.330 e. The second-order valence-corrected chi connectivity index (χ2v) is 5.47. The molecule has 0 aromatic heterocycles. The Hall–Kier alpha value is -0.280. The predicted octanol–water partition coefficient (Wildman–Crippen LogP) is 2.62. The molecule has 0 radical (unpaired) electrons. The standard InChI is InChI=1S/C14H20N2.2ClH/c15-9-10-5-6-14(16)12(7-10)8-11-3-1-2-4-13(11)14;;/h1-4,10,12H,5-9,15-16H2;2*1H. The van der Waals surface area contributed by atoms with Crippen LogP contribution < -0.4 is 11.5 Å². The largest absolute Gasteiger partial charge is 0.330 e. The quantitative estimate of drug-likeness (QED) is 0.835. The summed E-state index contributed by atoms with van der Waals surface area (Å²) < 4.78 is 0. The van der Waals surface area contributed by atoms with Gasteiger partial charge in [-0.1, -0.05) is 24.3 Å². The van der Waals surface area contributed by atoms with Crippen LogP contribution in [0.25, 0.3) is 0 Å². The van der Waals surface area contributed by atoms with Crippen molar-refractivity contribution in [3.63, 3.8) is 0 Å². The van der Waals surface area contributed by atoms with Gasteiger partial charge in [-0.15, -0.1) is 24.8 Å². The molecule has 1 fully saturated rings. The predicted molar refractivity (Wildman–Crippen MR) is 80.4 cm³/mol. The van der Waals surface area contributed by atoms with Crippen LogP contribution in [0.5, 0.6) is 0 Å². The maximum Gasteiger partial charge on any atom is 0.0444 e. The Labute approximate surface area is 121 Å². The summed E-state index contributed by atoms with van der Waals surface area (Å²) in [6.45, 7) is 0.822. The van der Waals surface area contributed by atoms with Crippen LogP contribution >= 0.6 is 24.8 Å². The zero-order valence-corrected chi connectivity index (χ0v) is 12.1. The van der Waals surface area contributed by atoms with Crippen LogP contribution in [0, 0.1) is 11.8 Å². The molecule has 0 bridgehead atoms. The Balaban J connectivity index is 0.000000810. The van der Waals surface area contributed by atoms with Gasteiger partial charge in [0.1, 0.15) is 0 Å². The molecule has 0 spiro atoms. The Kier molecular flexibility index (Phi) is 5.07. The number of rotatable bonds is 1. The lowest BCUT2D eigenvalue weighted by molar-refractivity contribution is 0.163. The molecule has 0 aliphatic heterocycles. The maximum absolute atomic E-state index is 6.65. The lowest BCUT2D eigenvalue weighted by Gasteiger charge is -2.40. The first kappa shape index (κ1) is 15.8. The molecule has 0 amide bonds. The molecule has 18 heavy (non-hydrogen) atoms. The van der Waals surface area contributed by atoms with Crippen LogP contribution in [0.1, 0.15) is 30.4 Å². The van der Waals surface area contributed by atoms with Gasteiger partial charge in [0.15, 0.2) is 0 Å². The van der Waals surface area contributed by atoms with Gasteiger partial charge in [0, 0.05) is 5.54 Å². The van der Waals surface area contributed by atoms with E-state index in [1.165, 1.54) is 24.0 Å². The van der Waals surface area contributed by atoms with E-state index in [0.717, 1.165) is 19.4 Å². The van der Waals surface area contributed by atoms with E-state index in [4.69, 9.17) is 11.5 Å². The average Bonchev–Trinajstić information content (AvgIpc) is 2.61. The van der Waals surface area contributed by atoms with Crippen LogP contribution in [0.4, 0.5) is 0 Å². The molecule has 1 aromatic carbocycles. The van der Waals surface area contributed by atoms with E-state index in [9.17, 15) is 0 Å². The van der Waals surface area contributed by atoms with Crippen LogP contribution in [-0.4, -0.2) is 6.54 Å². The van der Waals surface area contributed by atoms with Gasteiger partial charge in [0.2, 0.25) is 0 Å². The van der Waals surface area contributed by atoms with E-state index in [0.29, 0.717) is 11.8 Å². The first-order valence-electron chi connectivity index (χ1n) is 6.31. The van der Waals surface area contributed by atoms with Gasteiger partial charge >= 0.3 is 0 Å². The summed E-state index contributed by atoms with van der Waals surface area (Å²) in [4.78, 5) is 0. The van der Waals surface area contributed by atoms with Crippen molar-refractivity contribution in [1.82, 2.24) is 0 Å². The first-order valence-corrected chi connectivity index (χ1v) is 6.31. The van der Waals surface area contributed by atoms with Gasteiger partial charge in [0.25, 0.3) is 0 Å². The molecule has 2 aliphatic rings. The number of nitrogens with two attached hydrogens (primary N) is 2. The van der Waals surface area contributed by atoms with E-state index in [2.05, 4.69) is 24.3 Å². The molecule has 4 N–H and O–H groups in total. The van der Waals surface area contributed by atoms with Crippen molar-refractivity contribution in [2.75, 3.05) is 6.54 Å². The normalized spacial score (nSPS) is 32.8. The van der Waals surface area contributed by atoms with E-state index >= 15 is 0 Å². The molecule has 1 aromatic rings. The smallest absolute Gasteiger partial charge is 0.0444 e. The molecule has 3 atom stereocenters. The highest BCUT2D eigenvalue weighted by atomic mass is 35.5. The third kappa shape index (κ3) is 2.27. The van der Waals surface area contributed by atoms with E-state index in [-0.39, 0.29) is 30.4 Å². The summed E-state index contributed by atoms with van der Waals surface area (Å²) in [5.74, 6) is 1.31. The average molecular weight is 289 g/mol. The van der Waals surface area contributed by atoms with Crippen LogP contribution in [-0.2, 0) is 12.0 Å². The van der Waals surface area contributed by atoms with Crippen molar-refractivity contribution in [2.45, 2.75) is 31.2 Å². The van der Waals surface area contributed by atoms with Crippen LogP contribution in [0.3, 0.4) is 0 Å². The third-order valence-corrected chi connectivity index (χ3v) is 4.63. The monoisotopic (exact) mass is 288 g/mol. The number of hydrogen-bond donors (Lipinski definition) is 2. The Bertz CT molecular complexity index is 411. The molecule has 2 aliphatic carbocycles. The topological polar surface area (TPSA) is 52.0 Å². The van der Waals surface area contributed by atoms with Crippen LogP contribution in [0.15, 0.2) is 24.3 Å². The van der Waals surface area contributed by atoms with Gasteiger partial charge in [-0.2, -0.15) is 0 Å². The van der Waals surface area contributed by atoms with Crippen molar-refractivity contribution in [3.8, 4) is 0 Å². The van der Waals surface area contributed by atoms with Gasteiger partial charge in [-0.25, -0.2) is 0 Å². The molecular formula is C14H22Cl2N2. The third-order valence-electron chi connectivity index (χ3n) is 4.63.